The number of ketones is 3. The number of anilines is 1. The normalized spacial score (nSPS) is 16.0. The SMILES string of the molecule is CCN(C1=CC(=O)c2cnc3c(c2C1=O)C(=O)CCC3)c1ccccc1. The van der Waals surface area contributed by atoms with Gasteiger partial charge in [-0.25, -0.2) is 0 Å². The molecule has 26 heavy (non-hydrogen) atoms. The van der Waals surface area contributed by atoms with Gasteiger partial charge >= 0.3 is 0 Å². The molecule has 0 amide bonds. The van der Waals surface area contributed by atoms with Crippen molar-refractivity contribution in [2.45, 2.75) is 26.2 Å². The topological polar surface area (TPSA) is 67.3 Å². The fraction of sp³-hybridized carbons (Fsp3) is 0.238. The zero-order chi connectivity index (χ0) is 18.3. The lowest BCUT2D eigenvalue weighted by molar-refractivity contribution is 0.0948. The Bertz CT molecular complexity index is 961. The number of aryl methyl sites for hydroxylation is 1. The zero-order valence-electron chi connectivity index (χ0n) is 14.5. The Balaban J connectivity index is 1.87. The van der Waals surface area contributed by atoms with Crippen molar-refractivity contribution >= 4 is 23.0 Å². The van der Waals surface area contributed by atoms with Gasteiger partial charge in [-0.3, -0.25) is 19.4 Å². The molecule has 0 atom stereocenters. The number of Topliss-reactive ketones (excluding diaryl/α,β-unsaturated/α-hetero) is 2. The van der Waals surface area contributed by atoms with E-state index in [2.05, 4.69) is 4.98 Å². The summed E-state index contributed by atoms with van der Waals surface area (Å²) >= 11 is 0. The van der Waals surface area contributed by atoms with Crippen LogP contribution in [0, 0.1) is 0 Å². The van der Waals surface area contributed by atoms with E-state index in [1.165, 1.54) is 12.3 Å². The van der Waals surface area contributed by atoms with Gasteiger partial charge in [-0.2, -0.15) is 0 Å². The molecule has 2 aliphatic rings. The van der Waals surface area contributed by atoms with Gasteiger partial charge in [0.2, 0.25) is 5.78 Å². The third-order valence-electron chi connectivity index (χ3n) is 4.92. The molecule has 0 radical (unpaired) electrons. The van der Waals surface area contributed by atoms with Gasteiger partial charge < -0.3 is 4.90 Å². The number of aromatic nitrogens is 1. The Morgan fingerprint density at radius 2 is 1.81 bits per heavy atom. The number of para-hydroxylation sites is 1. The summed E-state index contributed by atoms with van der Waals surface area (Å²) in [5.41, 5.74) is 2.59. The predicted octanol–water partition coefficient (Wildman–Crippen LogP) is 3.39. The van der Waals surface area contributed by atoms with E-state index in [4.69, 9.17) is 0 Å². The maximum absolute atomic E-state index is 13.3. The average Bonchev–Trinajstić information content (AvgIpc) is 2.66. The van der Waals surface area contributed by atoms with Gasteiger partial charge in [-0.15, -0.1) is 0 Å². The quantitative estimate of drug-likeness (QED) is 0.852. The van der Waals surface area contributed by atoms with Crippen molar-refractivity contribution in [2.24, 2.45) is 0 Å². The van der Waals surface area contributed by atoms with Crippen LogP contribution in [0.15, 0.2) is 48.3 Å². The highest BCUT2D eigenvalue weighted by atomic mass is 16.1. The number of rotatable bonds is 3. The van der Waals surface area contributed by atoms with Crippen molar-refractivity contribution in [1.82, 2.24) is 4.98 Å². The molecule has 0 unspecified atom stereocenters. The van der Waals surface area contributed by atoms with E-state index in [0.29, 0.717) is 36.3 Å². The van der Waals surface area contributed by atoms with Gasteiger partial charge in [0.1, 0.15) is 0 Å². The molecule has 1 aromatic heterocycles. The van der Waals surface area contributed by atoms with E-state index in [9.17, 15) is 14.4 Å². The van der Waals surface area contributed by atoms with Gasteiger partial charge in [0, 0.05) is 36.5 Å². The molecule has 5 nitrogen and oxygen atoms in total. The number of benzene rings is 1. The minimum absolute atomic E-state index is 0.0965. The van der Waals surface area contributed by atoms with E-state index < -0.39 is 0 Å². The largest absolute Gasteiger partial charge is 0.338 e. The standard InChI is InChI=1S/C21H18N2O3/c1-2-23(13-7-4-3-5-8-13)16-11-18(25)14-12-22-15-9-6-10-17(24)20(15)19(14)21(16)26/h3-5,7-8,11-12H,2,6,9-10H2,1H3. The number of fused-ring (bicyclic) bond motifs is 3. The van der Waals surface area contributed by atoms with Crippen LogP contribution >= 0.6 is 0 Å². The summed E-state index contributed by atoms with van der Waals surface area (Å²) in [6.45, 7) is 2.46. The highest BCUT2D eigenvalue weighted by molar-refractivity contribution is 6.28. The Kier molecular flexibility index (Phi) is 3.99. The highest BCUT2D eigenvalue weighted by Crippen LogP contribution is 2.32. The third-order valence-corrected chi connectivity index (χ3v) is 4.92. The maximum Gasteiger partial charge on any atom is 0.211 e. The van der Waals surface area contributed by atoms with Gasteiger partial charge in [0.25, 0.3) is 0 Å². The molecule has 5 heteroatoms. The molecule has 1 heterocycles. The first-order valence-electron chi connectivity index (χ1n) is 8.80. The summed E-state index contributed by atoms with van der Waals surface area (Å²) in [6.07, 6.45) is 4.59. The number of hydrogen-bond acceptors (Lipinski definition) is 5. The van der Waals surface area contributed by atoms with Crippen LogP contribution in [-0.2, 0) is 6.42 Å². The lowest BCUT2D eigenvalue weighted by Gasteiger charge is -2.29. The Labute approximate surface area is 151 Å². The monoisotopic (exact) mass is 346 g/mol. The molecule has 0 saturated heterocycles. The molecule has 0 fully saturated rings. The van der Waals surface area contributed by atoms with Crippen LogP contribution in [0.5, 0.6) is 0 Å². The van der Waals surface area contributed by atoms with Gasteiger partial charge in [-0.05, 0) is 31.9 Å². The number of hydrogen-bond donors (Lipinski definition) is 0. The number of pyridine rings is 1. The summed E-state index contributed by atoms with van der Waals surface area (Å²) in [6, 6.07) is 9.46. The van der Waals surface area contributed by atoms with E-state index in [-0.39, 0.29) is 28.5 Å². The summed E-state index contributed by atoms with van der Waals surface area (Å²) in [5.74, 6) is -0.655. The number of nitrogens with zero attached hydrogens (tertiary/aromatic N) is 2. The van der Waals surface area contributed by atoms with Crippen LogP contribution in [-0.4, -0.2) is 28.9 Å². The second kappa shape index (κ2) is 6.33. The van der Waals surface area contributed by atoms with Gasteiger partial charge in [0.05, 0.1) is 22.5 Å². The molecule has 2 aromatic rings. The predicted molar refractivity (Wildman–Crippen MR) is 97.7 cm³/mol. The van der Waals surface area contributed by atoms with Crippen LogP contribution in [0.1, 0.15) is 56.5 Å². The number of likely N-dealkylation sites (N-methyl/N-ethyl adjacent to an activating group) is 1. The lowest BCUT2D eigenvalue weighted by Crippen LogP contribution is -2.33. The van der Waals surface area contributed by atoms with Crippen LogP contribution in [0.25, 0.3) is 0 Å². The summed E-state index contributed by atoms with van der Waals surface area (Å²) in [7, 11) is 0. The van der Waals surface area contributed by atoms with Crippen molar-refractivity contribution in [3.05, 3.63) is 70.7 Å². The molecular weight excluding hydrogens is 328 g/mol. The first kappa shape index (κ1) is 16.4. The minimum atomic E-state index is -0.280. The first-order valence-corrected chi connectivity index (χ1v) is 8.80. The van der Waals surface area contributed by atoms with Crippen molar-refractivity contribution in [1.29, 1.82) is 0 Å². The van der Waals surface area contributed by atoms with Crippen molar-refractivity contribution in [2.75, 3.05) is 11.4 Å². The smallest absolute Gasteiger partial charge is 0.211 e. The molecule has 0 saturated carbocycles. The lowest BCUT2D eigenvalue weighted by atomic mass is 9.83. The van der Waals surface area contributed by atoms with Crippen LogP contribution in [0.2, 0.25) is 0 Å². The molecule has 4 rings (SSSR count). The average molecular weight is 346 g/mol. The second-order valence-electron chi connectivity index (χ2n) is 6.45. The van der Waals surface area contributed by atoms with Crippen molar-refractivity contribution in [3.8, 4) is 0 Å². The number of carbonyl (C=O) groups excluding carboxylic acids is 3. The summed E-state index contributed by atoms with van der Waals surface area (Å²) in [4.78, 5) is 44.6. The van der Waals surface area contributed by atoms with E-state index >= 15 is 0 Å². The molecule has 0 aliphatic heterocycles. The summed E-state index contributed by atoms with van der Waals surface area (Å²) < 4.78 is 0. The highest BCUT2D eigenvalue weighted by Gasteiger charge is 2.35. The Morgan fingerprint density at radius 1 is 1.04 bits per heavy atom. The molecule has 1 aromatic carbocycles. The Hall–Kier alpha value is -3.08. The Morgan fingerprint density at radius 3 is 2.54 bits per heavy atom. The van der Waals surface area contributed by atoms with E-state index in [1.807, 2.05) is 42.2 Å². The number of carbonyl (C=O) groups is 3. The van der Waals surface area contributed by atoms with Crippen LogP contribution < -0.4 is 4.90 Å². The van der Waals surface area contributed by atoms with Crippen LogP contribution in [0.4, 0.5) is 5.69 Å². The van der Waals surface area contributed by atoms with Gasteiger partial charge in [0.15, 0.2) is 11.6 Å². The number of allylic oxidation sites excluding steroid dienone is 2. The van der Waals surface area contributed by atoms with Crippen LogP contribution in [0.3, 0.4) is 0 Å². The van der Waals surface area contributed by atoms with Crippen molar-refractivity contribution in [3.63, 3.8) is 0 Å². The fourth-order valence-corrected chi connectivity index (χ4v) is 3.70. The third kappa shape index (κ3) is 2.47. The minimum Gasteiger partial charge on any atom is -0.338 e. The second-order valence-corrected chi connectivity index (χ2v) is 6.45. The first-order chi connectivity index (χ1) is 12.6. The molecule has 0 spiro atoms. The molecule has 0 bridgehead atoms. The van der Waals surface area contributed by atoms with E-state index in [1.54, 1.807) is 0 Å². The molecule has 2 aliphatic carbocycles. The van der Waals surface area contributed by atoms with Crippen molar-refractivity contribution < 1.29 is 14.4 Å². The molecular formula is C21H18N2O3. The molecule has 0 N–H and O–H groups in total. The fourth-order valence-electron chi connectivity index (χ4n) is 3.70. The van der Waals surface area contributed by atoms with Gasteiger partial charge in [-0.1, -0.05) is 18.2 Å². The maximum atomic E-state index is 13.3. The zero-order valence-corrected chi connectivity index (χ0v) is 14.5. The molecule has 130 valence electrons. The van der Waals surface area contributed by atoms with E-state index in [0.717, 1.165) is 12.1 Å². The summed E-state index contributed by atoms with van der Waals surface area (Å²) in [5, 5.41) is 0.